The summed E-state index contributed by atoms with van der Waals surface area (Å²) >= 11 is 3.35. The lowest BCUT2D eigenvalue weighted by Gasteiger charge is -2.08. The number of nitrogens with zero attached hydrogens (tertiary/aromatic N) is 1. The van der Waals surface area contributed by atoms with Gasteiger partial charge in [0, 0.05) is 35.4 Å². The van der Waals surface area contributed by atoms with E-state index >= 15 is 0 Å². The molecule has 0 saturated heterocycles. The van der Waals surface area contributed by atoms with Crippen LogP contribution in [0.5, 0.6) is 5.75 Å². The summed E-state index contributed by atoms with van der Waals surface area (Å²) in [5.41, 5.74) is 0.587. The zero-order valence-electron chi connectivity index (χ0n) is 12.9. The number of hydrogen-bond acceptors (Lipinski definition) is 3. The van der Waals surface area contributed by atoms with Crippen molar-refractivity contribution in [3.8, 4) is 5.75 Å². The fourth-order valence-corrected chi connectivity index (χ4v) is 2.51. The van der Waals surface area contributed by atoms with Gasteiger partial charge in [0.25, 0.3) is 11.5 Å². The van der Waals surface area contributed by atoms with Crippen LogP contribution in [0.2, 0.25) is 0 Å². The molecule has 5 nitrogen and oxygen atoms in total. The van der Waals surface area contributed by atoms with Crippen molar-refractivity contribution in [3.05, 3.63) is 63.0 Å². The topological polar surface area (TPSA) is 60.3 Å². The number of aromatic nitrogens is 1. The van der Waals surface area contributed by atoms with E-state index in [4.69, 9.17) is 4.74 Å². The predicted octanol–water partition coefficient (Wildman–Crippen LogP) is 2.83. The highest BCUT2D eigenvalue weighted by molar-refractivity contribution is 9.10. The molecule has 1 heterocycles. The van der Waals surface area contributed by atoms with Crippen molar-refractivity contribution >= 4 is 21.8 Å². The minimum Gasteiger partial charge on any atom is -0.497 e. The molecule has 0 aliphatic rings. The first-order valence-electron chi connectivity index (χ1n) is 7.38. The highest BCUT2D eigenvalue weighted by Gasteiger charge is 2.04. The average Bonchev–Trinajstić information content (AvgIpc) is 2.57. The maximum absolute atomic E-state index is 12.0. The second-order valence-corrected chi connectivity index (χ2v) is 5.99. The van der Waals surface area contributed by atoms with Gasteiger partial charge in [-0.05, 0) is 59.1 Å². The minimum absolute atomic E-state index is 0.0181. The highest BCUT2D eigenvalue weighted by atomic mass is 79.9. The van der Waals surface area contributed by atoms with E-state index < -0.39 is 0 Å². The van der Waals surface area contributed by atoms with Crippen LogP contribution in [0.4, 0.5) is 0 Å². The molecule has 1 aromatic carbocycles. The van der Waals surface area contributed by atoms with E-state index in [-0.39, 0.29) is 11.5 Å². The number of aryl methyl sites for hydroxylation is 1. The van der Waals surface area contributed by atoms with E-state index in [2.05, 4.69) is 21.2 Å². The van der Waals surface area contributed by atoms with Gasteiger partial charge in [-0.3, -0.25) is 9.59 Å². The molecule has 2 aromatic rings. The average molecular weight is 379 g/mol. The van der Waals surface area contributed by atoms with E-state index in [0.29, 0.717) is 18.7 Å². The number of rotatable bonds is 7. The molecule has 2 rings (SSSR count). The SMILES string of the molecule is COc1ccc(C(=O)NCCCCn2cc(Br)ccc2=O)cc1. The fourth-order valence-electron chi connectivity index (χ4n) is 2.13. The van der Waals surface area contributed by atoms with Crippen molar-refractivity contribution in [1.29, 1.82) is 0 Å². The molecule has 0 fully saturated rings. The van der Waals surface area contributed by atoms with Gasteiger partial charge in [-0.25, -0.2) is 0 Å². The number of carbonyl (C=O) groups excluding carboxylic acids is 1. The van der Waals surface area contributed by atoms with Crippen molar-refractivity contribution in [2.45, 2.75) is 19.4 Å². The number of pyridine rings is 1. The molecule has 0 aliphatic carbocycles. The van der Waals surface area contributed by atoms with Crippen LogP contribution < -0.4 is 15.6 Å². The van der Waals surface area contributed by atoms with E-state index in [9.17, 15) is 9.59 Å². The Kier molecular flexibility index (Phi) is 6.40. The predicted molar refractivity (Wildman–Crippen MR) is 93.0 cm³/mol. The van der Waals surface area contributed by atoms with Crippen LogP contribution in [0.25, 0.3) is 0 Å². The third-order valence-electron chi connectivity index (χ3n) is 3.41. The molecule has 1 N–H and O–H groups in total. The van der Waals surface area contributed by atoms with Crippen LogP contribution in [0.3, 0.4) is 0 Å². The monoisotopic (exact) mass is 378 g/mol. The number of benzene rings is 1. The van der Waals surface area contributed by atoms with Crippen LogP contribution in [-0.4, -0.2) is 24.1 Å². The molecule has 1 amide bonds. The quantitative estimate of drug-likeness (QED) is 0.753. The van der Waals surface area contributed by atoms with Crippen molar-refractivity contribution in [3.63, 3.8) is 0 Å². The van der Waals surface area contributed by atoms with Gasteiger partial charge >= 0.3 is 0 Å². The second kappa shape index (κ2) is 8.53. The van der Waals surface area contributed by atoms with Crippen molar-refractivity contribution in [2.24, 2.45) is 0 Å². The van der Waals surface area contributed by atoms with E-state index in [0.717, 1.165) is 23.1 Å². The van der Waals surface area contributed by atoms with Gasteiger partial charge in [0.2, 0.25) is 0 Å². The summed E-state index contributed by atoms with van der Waals surface area (Å²) in [5, 5.41) is 2.87. The summed E-state index contributed by atoms with van der Waals surface area (Å²) in [5.74, 6) is 0.619. The molecule has 0 spiro atoms. The minimum atomic E-state index is -0.104. The summed E-state index contributed by atoms with van der Waals surface area (Å²) in [6.07, 6.45) is 3.40. The maximum atomic E-state index is 12.0. The van der Waals surface area contributed by atoms with Gasteiger partial charge in [0.1, 0.15) is 5.75 Å². The number of halogens is 1. The van der Waals surface area contributed by atoms with Crippen LogP contribution in [0, 0.1) is 0 Å². The lowest BCUT2D eigenvalue weighted by molar-refractivity contribution is 0.0953. The third-order valence-corrected chi connectivity index (χ3v) is 3.88. The molecule has 0 unspecified atom stereocenters. The van der Waals surface area contributed by atoms with Gasteiger partial charge in [0.15, 0.2) is 0 Å². The van der Waals surface area contributed by atoms with Crippen molar-refractivity contribution < 1.29 is 9.53 Å². The number of unbranched alkanes of at least 4 members (excludes halogenated alkanes) is 1. The molecule has 0 bridgehead atoms. The highest BCUT2D eigenvalue weighted by Crippen LogP contribution is 2.11. The molecule has 122 valence electrons. The summed E-state index contributed by atoms with van der Waals surface area (Å²) < 4.78 is 7.60. The molecular weight excluding hydrogens is 360 g/mol. The number of hydrogen-bond donors (Lipinski definition) is 1. The van der Waals surface area contributed by atoms with E-state index in [1.54, 1.807) is 48.2 Å². The Hall–Kier alpha value is -2.08. The second-order valence-electron chi connectivity index (χ2n) is 5.07. The fraction of sp³-hybridized carbons (Fsp3) is 0.294. The smallest absolute Gasteiger partial charge is 0.251 e. The van der Waals surface area contributed by atoms with Crippen molar-refractivity contribution in [2.75, 3.05) is 13.7 Å². The third kappa shape index (κ3) is 5.25. The normalized spacial score (nSPS) is 10.3. The van der Waals surface area contributed by atoms with Gasteiger partial charge in [-0.2, -0.15) is 0 Å². The Morgan fingerprint density at radius 2 is 1.91 bits per heavy atom. The molecule has 0 aliphatic heterocycles. The number of carbonyl (C=O) groups is 1. The van der Waals surface area contributed by atoms with Crippen molar-refractivity contribution in [1.82, 2.24) is 9.88 Å². The Morgan fingerprint density at radius 3 is 2.61 bits per heavy atom. The number of methoxy groups -OCH3 is 1. The summed E-state index contributed by atoms with van der Waals surface area (Å²) in [4.78, 5) is 23.6. The van der Waals surface area contributed by atoms with Gasteiger partial charge in [-0.15, -0.1) is 0 Å². The number of ether oxygens (including phenoxy) is 1. The summed E-state index contributed by atoms with van der Waals surface area (Å²) in [6, 6.07) is 10.2. The first-order chi connectivity index (χ1) is 11.1. The molecule has 6 heteroatoms. The molecule has 1 aromatic heterocycles. The van der Waals surface area contributed by atoms with Crippen LogP contribution in [0.1, 0.15) is 23.2 Å². The Morgan fingerprint density at radius 1 is 1.17 bits per heavy atom. The number of amides is 1. The summed E-state index contributed by atoms with van der Waals surface area (Å²) in [7, 11) is 1.59. The molecular formula is C17H19BrN2O3. The van der Waals surface area contributed by atoms with E-state index in [1.165, 1.54) is 6.07 Å². The Labute approximate surface area is 143 Å². The molecule has 0 atom stereocenters. The first-order valence-corrected chi connectivity index (χ1v) is 8.17. The van der Waals surface area contributed by atoms with Gasteiger partial charge in [-0.1, -0.05) is 0 Å². The zero-order chi connectivity index (χ0) is 16.7. The first kappa shape index (κ1) is 17.3. The Bertz CT molecular complexity index is 711. The maximum Gasteiger partial charge on any atom is 0.251 e. The van der Waals surface area contributed by atoms with Crippen LogP contribution >= 0.6 is 15.9 Å². The zero-order valence-corrected chi connectivity index (χ0v) is 14.5. The lowest BCUT2D eigenvalue weighted by atomic mass is 10.2. The molecule has 0 saturated carbocycles. The summed E-state index contributed by atoms with van der Waals surface area (Å²) in [6.45, 7) is 1.21. The Balaban J connectivity index is 1.73. The van der Waals surface area contributed by atoms with Crippen LogP contribution in [0.15, 0.2) is 51.9 Å². The molecule has 23 heavy (non-hydrogen) atoms. The molecule has 0 radical (unpaired) electrons. The van der Waals surface area contributed by atoms with Gasteiger partial charge < -0.3 is 14.6 Å². The lowest BCUT2D eigenvalue weighted by Crippen LogP contribution is -2.25. The number of nitrogens with one attached hydrogen (secondary N) is 1. The van der Waals surface area contributed by atoms with Crippen LogP contribution in [-0.2, 0) is 6.54 Å². The van der Waals surface area contributed by atoms with Gasteiger partial charge in [0.05, 0.1) is 7.11 Å². The standard InChI is InChI=1S/C17H19BrN2O3/c1-23-15-7-4-13(5-8-15)17(22)19-10-2-3-11-20-12-14(18)6-9-16(20)21/h4-9,12H,2-3,10-11H2,1H3,(H,19,22). The largest absolute Gasteiger partial charge is 0.497 e. The van der Waals surface area contributed by atoms with E-state index in [1.807, 2.05) is 0 Å².